The Bertz CT molecular complexity index is 494. The molecule has 1 aliphatic carbocycles. The Hall–Kier alpha value is -2.10. The highest BCUT2D eigenvalue weighted by Crippen LogP contribution is 2.22. The van der Waals surface area contributed by atoms with Gasteiger partial charge in [0.2, 0.25) is 5.91 Å². The van der Waals surface area contributed by atoms with E-state index in [-0.39, 0.29) is 17.4 Å². The molecule has 0 spiro atoms. The molecule has 0 aromatic heterocycles. The Morgan fingerprint density at radius 3 is 2.78 bits per heavy atom. The summed E-state index contributed by atoms with van der Waals surface area (Å²) in [4.78, 5) is 22.8. The maximum Gasteiger partial charge on any atom is 0.337 e. The second kappa shape index (κ2) is 5.49. The third-order valence-corrected chi connectivity index (χ3v) is 2.99. The predicted octanol–water partition coefficient (Wildman–Crippen LogP) is 2.68. The summed E-state index contributed by atoms with van der Waals surface area (Å²) < 4.78 is 0. The van der Waals surface area contributed by atoms with Crippen LogP contribution < -0.4 is 5.32 Å². The van der Waals surface area contributed by atoms with Crippen LogP contribution in [0.15, 0.2) is 36.4 Å². The molecule has 1 aromatic rings. The summed E-state index contributed by atoms with van der Waals surface area (Å²) in [5.74, 6) is -0.895. The summed E-state index contributed by atoms with van der Waals surface area (Å²) in [6, 6.07) is 6.43. The van der Waals surface area contributed by atoms with E-state index in [9.17, 15) is 9.59 Å². The van der Waals surface area contributed by atoms with Gasteiger partial charge >= 0.3 is 5.97 Å². The molecule has 2 N–H and O–H groups in total. The number of hydrogen-bond donors (Lipinski definition) is 2. The summed E-state index contributed by atoms with van der Waals surface area (Å²) in [6.07, 6.45) is 6.54. The lowest BCUT2D eigenvalue weighted by molar-refractivity contribution is -0.116. The van der Waals surface area contributed by atoms with E-state index < -0.39 is 5.97 Å². The number of nitrogens with one attached hydrogen (secondary N) is 1. The Morgan fingerprint density at radius 1 is 1.33 bits per heavy atom. The molecule has 0 saturated carbocycles. The number of carboxylic acids is 1. The number of carbonyl (C=O) groups is 2. The van der Waals surface area contributed by atoms with Crippen molar-refractivity contribution in [1.29, 1.82) is 0 Å². The fraction of sp³-hybridized carbons (Fsp3) is 0.286. The van der Waals surface area contributed by atoms with Gasteiger partial charge in [0, 0.05) is 6.42 Å². The fourth-order valence-corrected chi connectivity index (χ4v) is 2.08. The molecular formula is C14H15NO3. The van der Waals surface area contributed by atoms with Crippen molar-refractivity contribution >= 4 is 17.6 Å². The Labute approximate surface area is 105 Å². The van der Waals surface area contributed by atoms with E-state index in [4.69, 9.17) is 5.11 Å². The minimum absolute atomic E-state index is 0.118. The van der Waals surface area contributed by atoms with Crippen molar-refractivity contribution < 1.29 is 14.7 Å². The molecule has 1 atom stereocenters. The zero-order valence-corrected chi connectivity index (χ0v) is 9.93. The van der Waals surface area contributed by atoms with Crippen LogP contribution in [0.4, 0.5) is 5.69 Å². The third kappa shape index (κ3) is 2.97. The lowest BCUT2D eigenvalue weighted by atomic mass is 10.0. The zero-order valence-electron chi connectivity index (χ0n) is 9.93. The van der Waals surface area contributed by atoms with E-state index in [2.05, 4.69) is 11.4 Å². The number of rotatable bonds is 4. The van der Waals surface area contributed by atoms with Gasteiger partial charge in [0.05, 0.1) is 11.3 Å². The van der Waals surface area contributed by atoms with Crippen LogP contribution in [0, 0.1) is 5.92 Å². The van der Waals surface area contributed by atoms with Crippen LogP contribution in [-0.4, -0.2) is 17.0 Å². The minimum atomic E-state index is -1.04. The van der Waals surface area contributed by atoms with Crippen molar-refractivity contribution in [3.05, 3.63) is 42.0 Å². The lowest BCUT2D eigenvalue weighted by Gasteiger charge is -2.10. The van der Waals surface area contributed by atoms with Crippen LogP contribution in [0.5, 0.6) is 0 Å². The highest BCUT2D eigenvalue weighted by atomic mass is 16.4. The normalized spacial score (nSPS) is 17.7. The van der Waals surface area contributed by atoms with E-state index in [0.717, 1.165) is 12.8 Å². The first-order valence-corrected chi connectivity index (χ1v) is 5.95. The number of para-hydroxylation sites is 1. The van der Waals surface area contributed by atoms with Gasteiger partial charge in [-0.1, -0.05) is 24.3 Å². The van der Waals surface area contributed by atoms with E-state index >= 15 is 0 Å². The Balaban J connectivity index is 2.02. The van der Waals surface area contributed by atoms with Crippen LogP contribution in [-0.2, 0) is 4.79 Å². The molecule has 18 heavy (non-hydrogen) atoms. The quantitative estimate of drug-likeness (QED) is 0.801. The molecule has 1 aromatic carbocycles. The number of aromatic carboxylic acids is 1. The van der Waals surface area contributed by atoms with Gasteiger partial charge in [0.25, 0.3) is 0 Å². The monoisotopic (exact) mass is 245 g/mol. The van der Waals surface area contributed by atoms with Gasteiger partial charge in [-0.2, -0.15) is 0 Å². The fourth-order valence-electron chi connectivity index (χ4n) is 2.08. The number of amides is 1. The largest absolute Gasteiger partial charge is 0.478 e. The minimum Gasteiger partial charge on any atom is -0.478 e. The van der Waals surface area contributed by atoms with Crippen LogP contribution in [0.2, 0.25) is 0 Å². The number of allylic oxidation sites excluding steroid dienone is 2. The Morgan fingerprint density at radius 2 is 2.11 bits per heavy atom. The molecule has 0 saturated heterocycles. The smallest absolute Gasteiger partial charge is 0.337 e. The number of carbonyl (C=O) groups excluding carboxylic acids is 1. The van der Waals surface area contributed by atoms with E-state index in [1.807, 2.05) is 6.08 Å². The highest BCUT2D eigenvalue weighted by molar-refractivity contribution is 6.00. The summed E-state index contributed by atoms with van der Waals surface area (Å²) in [5, 5.41) is 11.7. The van der Waals surface area contributed by atoms with Gasteiger partial charge < -0.3 is 10.4 Å². The standard InChI is InChI=1S/C14H15NO3/c16-13(9-10-5-1-2-6-10)15-12-8-4-3-7-11(12)14(17)18/h1,3-5,7-8,10H,2,6,9H2,(H,15,16)(H,17,18). The molecule has 0 aliphatic heterocycles. The summed E-state index contributed by atoms with van der Waals surface area (Å²) in [6.45, 7) is 0. The summed E-state index contributed by atoms with van der Waals surface area (Å²) in [5.41, 5.74) is 0.477. The van der Waals surface area contributed by atoms with E-state index in [0.29, 0.717) is 12.1 Å². The van der Waals surface area contributed by atoms with Crippen molar-refractivity contribution in [2.45, 2.75) is 19.3 Å². The second-order valence-electron chi connectivity index (χ2n) is 4.37. The first-order valence-electron chi connectivity index (χ1n) is 5.95. The molecule has 94 valence electrons. The van der Waals surface area contributed by atoms with Crippen LogP contribution in [0.25, 0.3) is 0 Å². The summed E-state index contributed by atoms with van der Waals surface area (Å²) in [7, 11) is 0. The molecule has 1 amide bonds. The van der Waals surface area contributed by atoms with Crippen molar-refractivity contribution in [2.75, 3.05) is 5.32 Å². The molecule has 0 bridgehead atoms. The van der Waals surface area contributed by atoms with Crippen molar-refractivity contribution in [2.24, 2.45) is 5.92 Å². The number of hydrogen-bond acceptors (Lipinski definition) is 2. The first kappa shape index (κ1) is 12.4. The molecule has 1 aliphatic rings. The molecular weight excluding hydrogens is 230 g/mol. The topological polar surface area (TPSA) is 66.4 Å². The maximum absolute atomic E-state index is 11.8. The van der Waals surface area contributed by atoms with Crippen molar-refractivity contribution in [3.63, 3.8) is 0 Å². The van der Waals surface area contributed by atoms with E-state index in [1.54, 1.807) is 18.2 Å². The van der Waals surface area contributed by atoms with Crippen LogP contribution in [0.3, 0.4) is 0 Å². The Kier molecular flexibility index (Phi) is 3.77. The molecule has 2 rings (SSSR count). The number of carboxylic acid groups (broad SMARTS) is 1. The molecule has 4 nitrogen and oxygen atoms in total. The maximum atomic E-state index is 11.8. The highest BCUT2D eigenvalue weighted by Gasteiger charge is 2.16. The van der Waals surface area contributed by atoms with Crippen molar-refractivity contribution in [1.82, 2.24) is 0 Å². The van der Waals surface area contributed by atoms with Crippen LogP contribution >= 0.6 is 0 Å². The van der Waals surface area contributed by atoms with Crippen molar-refractivity contribution in [3.8, 4) is 0 Å². The van der Waals surface area contributed by atoms with Gasteiger partial charge in [-0.05, 0) is 30.9 Å². The van der Waals surface area contributed by atoms with Gasteiger partial charge in [0.1, 0.15) is 0 Å². The summed E-state index contributed by atoms with van der Waals surface area (Å²) >= 11 is 0. The average Bonchev–Trinajstić information content (AvgIpc) is 2.82. The number of anilines is 1. The second-order valence-corrected chi connectivity index (χ2v) is 4.37. The first-order chi connectivity index (χ1) is 8.66. The van der Waals surface area contributed by atoms with Gasteiger partial charge in [-0.25, -0.2) is 4.79 Å². The molecule has 1 unspecified atom stereocenters. The van der Waals surface area contributed by atoms with Gasteiger partial charge in [0.15, 0.2) is 0 Å². The average molecular weight is 245 g/mol. The van der Waals surface area contributed by atoms with Crippen LogP contribution in [0.1, 0.15) is 29.6 Å². The predicted molar refractivity (Wildman–Crippen MR) is 68.5 cm³/mol. The molecule has 0 radical (unpaired) electrons. The molecule has 4 heteroatoms. The molecule has 0 fully saturated rings. The zero-order chi connectivity index (χ0) is 13.0. The third-order valence-electron chi connectivity index (χ3n) is 2.99. The molecule has 0 heterocycles. The van der Waals surface area contributed by atoms with E-state index in [1.165, 1.54) is 6.07 Å². The van der Waals surface area contributed by atoms with Gasteiger partial charge in [-0.15, -0.1) is 0 Å². The lowest BCUT2D eigenvalue weighted by Crippen LogP contribution is -2.16. The van der Waals surface area contributed by atoms with Gasteiger partial charge in [-0.3, -0.25) is 4.79 Å². The number of benzene rings is 1. The SMILES string of the molecule is O=C(CC1C=CCC1)Nc1ccccc1C(=O)O.